The largest absolute Gasteiger partial charge is 0.396 e. The van der Waals surface area contributed by atoms with Crippen molar-refractivity contribution in [3.05, 3.63) is 48.6 Å². The monoisotopic (exact) mass is 206 g/mol. The molecule has 0 aromatic heterocycles. The molecule has 0 aliphatic carbocycles. The summed E-state index contributed by atoms with van der Waals surface area (Å²) >= 11 is 0. The van der Waals surface area contributed by atoms with E-state index in [4.69, 9.17) is 0 Å². The van der Waals surface area contributed by atoms with Crippen molar-refractivity contribution < 1.29 is 10.2 Å². The van der Waals surface area contributed by atoms with Crippen molar-refractivity contribution in [1.29, 1.82) is 0 Å². The molecule has 0 radical (unpaired) electrons. The van der Waals surface area contributed by atoms with Gasteiger partial charge in [0.2, 0.25) is 0 Å². The Morgan fingerprint density at radius 2 is 1.93 bits per heavy atom. The second-order valence-corrected chi connectivity index (χ2v) is 3.63. The van der Waals surface area contributed by atoms with Crippen molar-refractivity contribution in [2.45, 2.75) is 24.9 Å². The number of benzene rings is 1. The highest BCUT2D eigenvalue weighted by Crippen LogP contribution is 2.21. The fourth-order valence-electron chi connectivity index (χ4n) is 1.64. The maximum atomic E-state index is 9.89. The summed E-state index contributed by atoms with van der Waals surface area (Å²) in [6.07, 6.45) is 2.69. The van der Waals surface area contributed by atoms with E-state index in [0.717, 1.165) is 12.0 Å². The zero-order chi connectivity index (χ0) is 11.1. The summed E-state index contributed by atoms with van der Waals surface area (Å²) in [5.41, 5.74) is 0.983. The Hall–Kier alpha value is -1.12. The SMILES string of the molecule is C=CCCC(O)C(CO)c1ccccc1. The minimum atomic E-state index is -0.504. The van der Waals surface area contributed by atoms with Gasteiger partial charge in [0.1, 0.15) is 0 Å². The highest BCUT2D eigenvalue weighted by molar-refractivity contribution is 5.20. The number of aliphatic hydroxyl groups is 2. The lowest BCUT2D eigenvalue weighted by Crippen LogP contribution is -2.21. The van der Waals surface area contributed by atoms with Gasteiger partial charge in [0.05, 0.1) is 12.7 Å². The summed E-state index contributed by atoms with van der Waals surface area (Å²) in [5, 5.41) is 19.1. The van der Waals surface area contributed by atoms with E-state index in [1.54, 1.807) is 6.08 Å². The van der Waals surface area contributed by atoms with Gasteiger partial charge in [0, 0.05) is 5.92 Å². The minimum absolute atomic E-state index is 0.0255. The Kier molecular flexibility index (Phi) is 5.08. The summed E-state index contributed by atoms with van der Waals surface area (Å²) in [6.45, 7) is 3.59. The molecule has 1 rings (SSSR count). The molecule has 0 bridgehead atoms. The number of hydrogen-bond acceptors (Lipinski definition) is 2. The Bertz CT molecular complexity index is 282. The van der Waals surface area contributed by atoms with Gasteiger partial charge >= 0.3 is 0 Å². The molecule has 0 saturated heterocycles. The summed E-state index contributed by atoms with van der Waals surface area (Å²) < 4.78 is 0. The molecule has 0 aliphatic rings. The van der Waals surface area contributed by atoms with Crippen molar-refractivity contribution in [1.82, 2.24) is 0 Å². The Morgan fingerprint density at radius 1 is 1.27 bits per heavy atom. The molecule has 0 amide bonds. The van der Waals surface area contributed by atoms with Crippen molar-refractivity contribution in [2.75, 3.05) is 6.61 Å². The third-order valence-corrected chi connectivity index (χ3v) is 2.56. The fraction of sp³-hybridized carbons (Fsp3) is 0.385. The minimum Gasteiger partial charge on any atom is -0.396 e. The van der Waals surface area contributed by atoms with Crippen LogP contribution < -0.4 is 0 Å². The molecule has 0 aliphatic heterocycles. The lowest BCUT2D eigenvalue weighted by molar-refractivity contribution is 0.0999. The number of rotatable bonds is 6. The van der Waals surface area contributed by atoms with Crippen LogP contribution in [0.3, 0.4) is 0 Å². The summed E-state index contributed by atoms with van der Waals surface area (Å²) in [6, 6.07) is 9.61. The first-order valence-electron chi connectivity index (χ1n) is 5.24. The molecule has 2 nitrogen and oxygen atoms in total. The zero-order valence-electron chi connectivity index (χ0n) is 8.84. The predicted molar refractivity (Wildman–Crippen MR) is 61.7 cm³/mol. The van der Waals surface area contributed by atoms with E-state index in [-0.39, 0.29) is 12.5 Å². The molecular weight excluding hydrogens is 188 g/mol. The normalized spacial score (nSPS) is 14.5. The van der Waals surface area contributed by atoms with E-state index in [9.17, 15) is 10.2 Å². The van der Waals surface area contributed by atoms with Crippen LogP contribution in [0.2, 0.25) is 0 Å². The molecular formula is C13H18O2. The highest BCUT2D eigenvalue weighted by atomic mass is 16.3. The lowest BCUT2D eigenvalue weighted by atomic mass is 9.91. The first-order chi connectivity index (χ1) is 7.29. The Morgan fingerprint density at radius 3 is 2.47 bits per heavy atom. The second-order valence-electron chi connectivity index (χ2n) is 3.63. The van der Waals surface area contributed by atoms with E-state index in [0.29, 0.717) is 6.42 Å². The first kappa shape index (κ1) is 12.0. The average molecular weight is 206 g/mol. The topological polar surface area (TPSA) is 40.5 Å². The highest BCUT2D eigenvalue weighted by Gasteiger charge is 2.19. The third kappa shape index (κ3) is 3.50. The molecule has 2 unspecified atom stereocenters. The Balaban J connectivity index is 2.66. The molecule has 82 valence electrons. The third-order valence-electron chi connectivity index (χ3n) is 2.56. The molecule has 0 saturated carbocycles. The zero-order valence-corrected chi connectivity index (χ0v) is 8.84. The maximum Gasteiger partial charge on any atom is 0.0633 e. The molecule has 0 spiro atoms. The smallest absolute Gasteiger partial charge is 0.0633 e. The second kappa shape index (κ2) is 6.38. The number of hydrogen-bond donors (Lipinski definition) is 2. The summed E-state index contributed by atoms with van der Waals surface area (Å²) in [7, 11) is 0. The van der Waals surface area contributed by atoms with E-state index in [2.05, 4.69) is 6.58 Å². The van der Waals surface area contributed by atoms with E-state index >= 15 is 0 Å². The number of aliphatic hydroxyl groups excluding tert-OH is 2. The van der Waals surface area contributed by atoms with Crippen LogP contribution in [0.1, 0.15) is 24.3 Å². The predicted octanol–water partition coefficient (Wildman–Crippen LogP) is 2.09. The quantitative estimate of drug-likeness (QED) is 0.700. The van der Waals surface area contributed by atoms with Gasteiger partial charge in [0.25, 0.3) is 0 Å². The van der Waals surface area contributed by atoms with Crippen LogP contribution in [-0.4, -0.2) is 22.9 Å². The van der Waals surface area contributed by atoms with Crippen LogP contribution >= 0.6 is 0 Å². The van der Waals surface area contributed by atoms with Gasteiger partial charge in [-0.3, -0.25) is 0 Å². The van der Waals surface area contributed by atoms with E-state index in [1.807, 2.05) is 30.3 Å². The van der Waals surface area contributed by atoms with Gasteiger partial charge in [-0.2, -0.15) is 0 Å². The van der Waals surface area contributed by atoms with Gasteiger partial charge in [-0.25, -0.2) is 0 Å². The van der Waals surface area contributed by atoms with Crippen LogP contribution in [0.4, 0.5) is 0 Å². The van der Waals surface area contributed by atoms with Crippen molar-refractivity contribution in [3.8, 4) is 0 Å². The summed E-state index contributed by atoms with van der Waals surface area (Å²) in [4.78, 5) is 0. The van der Waals surface area contributed by atoms with Gasteiger partial charge < -0.3 is 10.2 Å². The van der Waals surface area contributed by atoms with Crippen LogP contribution in [0.5, 0.6) is 0 Å². The van der Waals surface area contributed by atoms with Crippen molar-refractivity contribution in [2.24, 2.45) is 0 Å². The standard InChI is InChI=1S/C13H18O2/c1-2-3-9-13(15)12(10-14)11-7-5-4-6-8-11/h2,4-8,12-15H,1,3,9-10H2. The van der Waals surface area contributed by atoms with Gasteiger partial charge in [-0.1, -0.05) is 36.4 Å². The maximum absolute atomic E-state index is 9.89. The van der Waals surface area contributed by atoms with Gasteiger partial charge in [0.15, 0.2) is 0 Å². The van der Waals surface area contributed by atoms with Crippen LogP contribution in [-0.2, 0) is 0 Å². The van der Waals surface area contributed by atoms with E-state index < -0.39 is 6.10 Å². The number of allylic oxidation sites excluding steroid dienone is 1. The fourth-order valence-corrected chi connectivity index (χ4v) is 1.64. The molecule has 2 heteroatoms. The van der Waals surface area contributed by atoms with Gasteiger partial charge in [-0.15, -0.1) is 6.58 Å². The van der Waals surface area contributed by atoms with E-state index in [1.165, 1.54) is 0 Å². The molecule has 0 heterocycles. The first-order valence-corrected chi connectivity index (χ1v) is 5.24. The molecule has 0 fully saturated rings. The molecule has 2 N–H and O–H groups in total. The van der Waals surface area contributed by atoms with Crippen LogP contribution in [0.15, 0.2) is 43.0 Å². The lowest BCUT2D eigenvalue weighted by Gasteiger charge is -2.20. The van der Waals surface area contributed by atoms with Crippen LogP contribution in [0, 0.1) is 0 Å². The molecule has 1 aromatic rings. The molecule has 15 heavy (non-hydrogen) atoms. The van der Waals surface area contributed by atoms with Crippen LogP contribution in [0.25, 0.3) is 0 Å². The summed E-state index contributed by atoms with van der Waals surface area (Å²) in [5.74, 6) is -0.189. The Labute approximate surface area is 90.9 Å². The average Bonchev–Trinajstić information content (AvgIpc) is 2.29. The van der Waals surface area contributed by atoms with Crippen molar-refractivity contribution in [3.63, 3.8) is 0 Å². The van der Waals surface area contributed by atoms with Gasteiger partial charge in [-0.05, 0) is 18.4 Å². The molecule has 1 aromatic carbocycles. The molecule has 2 atom stereocenters. The van der Waals surface area contributed by atoms with Crippen molar-refractivity contribution >= 4 is 0 Å².